The van der Waals surface area contributed by atoms with Gasteiger partial charge in [0, 0.05) is 41.7 Å². The predicted molar refractivity (Wildman–Crippen MR) is 152 cm³/mol. The van der Waals surface area contributed by atoms with E-state index in [4.69, 9.17) is 23.2 Å². The van der Waals surface area contributed by atoms with Crippen LogP contribution in [0.1, 0.15) is 57.6 Å². The van der Waals surface area contributed by atoms with E-state index in [1.165, 1.54) is 9.21 Å². The fourth-order valence-electron chi connectivity index (χ4n) is 3.87. The lowest BCUT2D eigenvalue weighted by molar-refractivity contribution is -0.140. The molecule has 1 atom stereocenters. The maximum atomic E-state index is 13.4. The molecular weight excluding hydrogens is 533 g/mol. The third kappa shape index (κ3) is 9.20. The topological polar surface area (TPSA) is 86.8 Å². The van der Waals surface area contributed by atoms with Gasteiger partial charge in [-0.05, 0) is 56.0 Å². The van der Waals surface area contributed by atoms with E-state index in [0.717, 1.165) is 31.1 Å². The molecule has 2 amide bonds. The van der Waals surface area contributed by atoms with Crippen LogP contribution in [0.25, 0.3) is 0 Å². The second kappa shape index (κ2) is 14.6. The molecule has 1 N–H and O–H groups in total. The number of sulfonamides is 1. The number of hydrogen-bond donors (Lipinski definition) is 1. The largest absolute Gasteiger partial charge is 0.354 e. The van der Waals surface area contributed by atoms with Gasteiger partial charge in [0.05, 0.1) is 11.9 Å². The molecule has 10 heteroatoms. The Morgan fingerprint density at radius 2 is 1.62 bits per heavy atom. The van der Waals surface area contributed by atoms with Crippen LogP contribution in [0.4, 0.5) is 5.69 Å². The van der Waals surface area contributed by atoms with Gasteiger partial charge in [-0.3, -0.25) is 13.9 Å². The molecule has 0 bridgehead atoms. The molecule has 2 aromatic rings. The molecule has 7 nitrogen and oxygen atoms in total. The smallest absolute Gasteiger partial charge is 0.242 e. The number of carbonyl (C=O) groups is 2. The SMILES string of the molecule is CCCCNC(=O)[C@H](C)N(Cc1c(Cl)cccc1Cl)C(=O)CCCN(c1ccc(CC)cc1)S(C)(=O)=O. The first kappa shape index (κ1) is 30.9. The summed E-state index contributed by atoms with van der Waals surface area (Å²) in [4.78, 5) is 27.7. The zero-order valence-electron chi connectivity index (χ0n) is 22.0. The molecule has 0 saturated heterocycles. The van der Waals surface area contributed by atoms with Gasteiger partial charge in [-0.25, -0.2) is 8.42 Å². The first-order valence-electron chi connectivity index (χ1n) is 12.6. The number of rotatable bonds is 14. The van der Waals surface area contributed by atoms with Gasteiger partial charge in [-0.2, -0.15) is 0 Å². The van der Waals surface area contributed by atoms with Crippen LogP contribution in [0, 0.1) is 0 Å². The lowest BCUT2D eigenvalue weighted by atomic mass is 10.1. The molecule has 2 aromatic carbocycles. The second-order valence-corrected chi connectivity index (χ2v) is 11.7. The van der Waals surface area contributed by atoms with Crippen molar-refractivity contribution in [2.75, 3.05) is 23.7 Å². The molecule has 0 unspecified atom stereocenters. The van der Waals surface area contributed by atoms with Crippen molar-refractivity contribution in [1.82, 2.24) is 10.2 Å². The summed E-state index contributed by atoms with van der Waals surface area (Å²) in [7, 11) is -3.55. The molecule has 0 aliphatic heterocycles. The third-order valence-corrected chi connectivity index (χ3v) is 8.07. The molecule has 0 aliphatic rings. The number of anilines is 1. The fraction of sp³-hybridized carbons (Fsp3) is 0.481. The standard InChI is InChI=1S/C27H37Cl2N3O4S/c1-5-7-17-30-27(34)20(3)31(19-23-24(28)10-8-11-25(23)29)26(33)12-9-18-32(37(4,35)36)22-15-13-21(6-2)14-16-22/h8,10-11,13-16,20H,5-7,9,12,17-19H2,1-4H3,(H,30,34)/t20-/m0/s1. The Hall–Kier alpha value is -2.29. The minimum absolute atomic E-state index is 0.0493. The van der Waals surface area contributed by atoms with E-state index < -0.39 is 16.1 Å². The Balaban J connectivity index is 2.19. The Morgan fingerprint density at radius 1 is 1.00 bits per heavy atom. The minimum atomic E-state index is -3.55. The summed E-state index contributed by atoms with van der Waals surface area (Å²) in [6, 6.07) is 11.7. The van der Waals surface area contributed by atoms with E-state index in [1.54, 1.807) is 37.3 Å². The number of nitrogens with zero attached hydrogens (tertiary/aromatic N) is 2. The number of nitrogens with one attached hydrogen (secondary N) is 1. The number of benzene rings is 2. The van der Waals surface area contributed by atoms with E-state index in [2.05, 4.69) is 5.32 Å². The highest BCUT2D eigenvalue weighted by molar-refractivity contribution is 7.92. The minimum Gasteiger partial charge on any atom is -0.354 e. The number of hydrogen-bond acceptors (Lipinski definition) is 4. The number of aryl methyl sites for hydroxylation is 1. The Labute approximate surface area is 231 Å². The lowest BCUT2D eigenvalue weighted by Gasteiger charge is -2.30. The summed E-state index contributed by atoms with van der Waals surface area (Å²) in [5.74, 6) is -0.553. The average molecular weight is 571 g/mol. The molecule has 0 fully saturated rings. The summed E-state index contributed by atoms with van der Waals surface area (Å²) in [6.07, 6.45) is 4.10. The van der Waals surface area contributed by atoms with E-state index in [1.807, 2.05) is 26.0 Å². The summed E-state index contributed by atoms with van der Waals surface area (Å²) in [6.45, 7) is 6.45. The van der Waals surface area contributed by atoms with E-state index in [9.17, 15) is 18.0 Å². The van der Waals surface area contributed by atoms with Crippen molar-refractivity contribution in [2.24, 2.45) is 0 Å². The van der Waals surface area contributed by atoms with Crippen LogP contribution < -0.4 is 9.62 Å². The zero-order valence-corrected chi connectivity index (χ0v) is 24.3. The van der Waals surface area contributed by atoms with Crippen LogP contribution in [0.3, 0.4) is 0 Å². The van der Waals surface area contributed by atoms with Crippen LogP contribution in [0.15, 0.2) is 42.5 Å². The molecule has 0 radical (unpaired) electrons. The van der Waals surface area contributed by atoms with Crippen molar-refractivity contribution < 1.29 is 18.0 Å². The van der Waals surface area contributed by atoms with E-state index >= 15 is 0 Å². The molecule has 0 saturated carbocycles. The molecule has 2 rings (SSSR count). The summed E-state index contributed by atoms with van der Waals surface area (Å²) >= 11 is 12.7. The Kier molecular flexibility index (Phi) is 12.2. The number of carbonyl (C=O) groups excluding carboxylic acids is 2. The zero-order chi connectivity index (χ0) is 27.6. The van der Waals surface area contributed by atoms with Crippen molar-refractivity contribution in [3.63, 3.8) is 0 Å². The summed E-state index contributed by atoms with van der Waals surface area (Å²) in [5, 5.41) is 3.68. The van der Waals surface area contributed by atoms with Crippen molar-refractivity contribution in [3.05, 3.63) is 63.6 Å². The first-order valence-corrected chi connectivity index (χ1v) is 15.2. The maximum absolute atomic E-state index is 13.4. The van der Waals surface area contributed by atoms with Gasteiger partial charge in [-0.1, -0.05) is 61.7 Å². The molecule has 0 aliphatic carbocycles. The number of unbranched alkanes of at least 4 members (excludes halogenated alkanes) is 1. The average Bonchev–Trinajstić information content (AvgIpc) is 2.85. The predicted octanol–water partition coefficient (Wildman–Crippen LogP) is 5.44. The van der Waals surface area contributed by atoms with Gasteiger partial charge >= 0.3 is 0 Å². The monoisotopic (exact) mass is 569 g/mol. The fourth-order valence-corrected chi connectivity index (χ4v) is 5.36. The van der Waals surface area contributed by atoms with Gasteiger partial charge in [0.2, 0.25) is 21.8 Å². The van der Waals surface area contributed by atoms with Gasteiger partial charge in [-0.15, -0.1) is 0 Å². The summed E-state index contributed by atoms with van der Waals surface area (Å²) < 4.78 is 26.3. The van der Waals surface area contributed by atoms with Crippen LogP contribution in [0.2, 0.25) is 10.0 Å². The van der Waals surface area contributed by atoms with Crippen molar-refractivity contribution >= 4 is 50.7 Å². The van der Waals surface area contributed by atoms with Gasteiger partial charge in [0.15, 0.2) is 0 Å². The molecule has 0 heterocycles. The van der Waals surface area contributed by atoms with E-state index in [-0.39, 0.29) is 37.7 Å². The molecule has 37 heavy (non-hydrogen) atoms. The van der Waals surface area contributed by atoms with E-state index in [0.29, 0.717) is 27.8 Å². The van der Waals surface area contributed by atoms with Crippen LogP contribution in [-0.4, -0.2) is 50.5 Å². The molecule has 0 aromatic heterocycles. The first-order chi connectivity index (χ1) is 17.5. The second-order valence-electron chi connectivity index (χ2n) is 9.00. The highest BCUT2D eigenvalue weighted by Crippen LogP contribution is 2.27. The van der Waals surface area contributed by atoms with Crippen molar-refractivity contribution in [2.45, 2.75) is 65.5 Å². The normalized spacial score (nSPS) is 12.2. The number of halogens is 2. The Morgan fingerprint density at radius 3 is 2.16 bits per heavy atom. The Bertz CT molecular complexity index is 1140. The van der Waals surface area contributed by atoms with Gasteiger partial charge < -0.3 is 10.2 Å². The van der Waals surface area contributed by atoms with Crippen LogP contribution in [-0.2, 0) is 32.6 Å². The van der Waals surface area contributed by atoms with Crippen LogP contribution >= 0.6 is 23.2 Å². The third-order valence-electron chi connectivity index (χ3n) is 6.17. The summed E-state index contributed by atoms with van der Waals surface area (Å²) in [5.41, 5.74) is 2.21. The lowest BCUT2D eigenvalue weighted by Crippen LogP contribution is -2.48. The van der Waals surface area contributed by atoms with Crippen LogP contribution in [0.5, 0.6) is 0 Å². The van der Waals surface area contributed by atoms with Gasteiger partial charge in [0.1, 0.15) is 6.04 Å². The highest BCUT2D eigenvalue weighted by atomic mass is 35.5. The molecular formula is C27H37Cl2N3O4S. The number of amides is 2. The quantitative estimate of drug-likeness (QED) is 0.307. The molecule has 204 valence electrons. The maximum Gasteiger partial charge on any atom is 0.242 e. The highest BCUT2D eigenvalue weighted by Gasteiger charge is 2.27. The van der Waals surface area contributed by atoms with Crippen molar-refractivity contribution in [3.8, 4) is 0 Å². The van der Waals surface area contributed by atoms with Crippen molar-refractivity contribution in [1.29, 1.82) is 0 Å². The molecule has 0 spiro atoms. The van der Waals surface area contributed by atoms with Gasteiger partial charge in [0.25, 0.3) is 0 Å².